The number of carbonyl (C=O) groups excluding carboxylic acids is 1. The molecule has 1 fully saturated rings. The largest absolute Gasteiger partial charge is 0.497 e. The number of likely N-dealkylation sites (tertiary alicyclic amines) is 1. The SMILES string of the molecule is COc1ccc(CC2CCN(C(=O)CCCCCCN)CC2)cc1. The van der Waals surface area contributed by atoms with E-state index in [9.17, 15) is 4.79 Å². The van der Waals surface area contributed by atoms with Crippen LogP contribution in [0, 0.1) is 5.92 Å². The highest BCUT2D eigenvalue weighted by Gasteiger charge is 2.22. The van der Waals surface area contributed by atoms with Gasteiger partial charge in [0.1, 0.15) is 5.75 Å². The van der Waals surface area contributed by atoms with Crippen LogP contribution < -0.4 is 10.5 Å². The number of nitrogens with two attached hydrogens (primary N) is 1. The Morgan fingerprint density at radius 2 is 1.79 bits per heavy atom. The van der Waals surface area contributed by atoms with Crippen molar-refractivity contribution in [2.24, 2.45) is 11.7 Å². The minimum atomic E-state index is 0.339. The van der Waals surface area contributed by atoms with Crippen LogP contribution in [0.25, 0.3) is 0 Å². The standard InChI is InChI=1S/C20H32N2O2/c1-24-19-9-7-17(8-10-19)16-18-11-14-22(15-12-18)20(23)6-4-2-3-5-13-21/h7-10,18H,2-6,11-16,21H2,1H3. The van der Waals surface area contributed by atoms with Crippen molar-refractivity contribution in [3.63, 3.8) is 0 Å². The van der Waals surface area contributed by atoms with Crippen molar-refractivity contribution in [1.82, 2.24) is 4.90 Å². The maximum absolute atomic E-state index is 12.3. The smallest absolute Gasteiger partial charge is 0.222 e. The molecule has 0 atom stereocenters. The Bertz CT molecular complexity index is 479. The Hall–Kier alpha value is -1.55. The summed E-state index contributed by atoms with van der Waals surface area (Å²) >= 11 is 0. The lowest BCUT2D eigenvalue weighted by atomic mass is 9.90. The molecule has 0 bridgehead atoms. The molecule has 1 aliphatic heterocycles. The normalized spacial score (nSPS) is 15.5. The second kappa shape index (κ2) is 10.3. The van der Waals surface area contributed by atoms with Gasteiger partial charge in [-0.1, -0.05) is 25.0 Å². The molecule has 0 aliphatic carbocycles. The van der Waals surface area contributed by atoms with Gasteiger partial charge in [-0.05, 0) is 62.3 Å². The second-order valence-electron chi connectivity index (χ2n) is 6.83. The number of carbonyl (C=O) groups is 1. The van der Waals surface area contributed by atoms with Crippen LogP contribution in [0.1, 0.15) is 50.5 Å². The Morgan fingerprint density at radius 3 is 2.42 bits per heavy atom. The van der Waals surface area contributed by atoms with E-state index in [1.807, 2.05) is 12.1 Å². The molecule has 0 unspecified atom stereocenters. The zero-order valence-corrected chi connectivity index (χ0v) is 15.0. The average Bonchev–Trinajstić information content (AvgIpc) is 2.62. The van der Waals surface area contributed by atoms with Crippen molar-refractivity contribution in [1.29, 1.82) is 0 Å². The molecule has 1 heterocycles. The van der Waals surface area contributed by atoms with Crippen molar-refractivity contribution >= 4 is 5.91 Å². The molecular weight excluding hydrogens is 300 g/mol. The predicted molar refractivity (Wildman–Crippen MR) is 98.1 cm³/mol. The Balaban J connectivity index is 1.65. The van der Waals surface area contributed by atoms with E-state index in [1.54, 1.807) is 7.11 Å². The van der Waals surface area contributed by atoms with Crippen LogP contribution >= 0.6 is 0 Å². The number of ether oxygens (including phenoxy) is 1. The summed E-state index contributed by atoms with van der Waals surface area (Å²) < 4.78 is 5.20. The van der Waals surface area contributed by atoms with Crippen LogP contribution in [0.3, 0.4) is 0 Å². The van der Waals surface area contributed by atoms with Crippen molar-refractivity contribution in [2.75, 3.05) is 26.7 Å². The third-order valence-electron chi connectivity index (χ3n) is 5.00. The van der Waals surface area contributed by atoms with E-state index in [4.69, 9.17) is 10.5 Å². The monoisotopic (exact) mass is 332 g/mol. The molecule has 0 spiro atoms. The topological polar surface area (TPSA) is 55.6 Å². The van der Waals surface area contributed by atoms with Crippen LogP contribution in [-0.4, -0.2) is 37.6 Å². The van der Waals surface area contributed by atoms with Gasteiger partial charge >= 0.3 is 0 Å². The molecule has 0 saturated carbocycles. The molecule has 1 amide bonds. The zero-order chi connectivity index (χ0) is 17.2. The van der Waals surface area contributed by atoms with Crippen molar-refractivity contribution in [3.8, 4) is 5.75 Å². The number of amides is 1. The molecule has 134 valence electrons. The van der Waals surface area contributed by atoms with E-state index in [0.29, 0.717) is 18.2 Å². The Kier molecular flexibility index (Phi) is 8.10. The molecule has 24 heavy (non-hydrogen) atoms. The first kappa shape index (κ1) is 18.8. The van der Waals surface area contributed by atoms with Gasteiger partial charge in [0.15, 0.2) is 0 Å². The fraction of sp³-hybridized carbons (Fsp3) is 0.650. The quantitative estimate of drug-likeness (QED) is 0.705. The first-order valence-corrected chi connectivity index (χ1v) is 9.33. The molecule has 1 aliphatic rings. The van der Waals surface area contributed by atoms with Crippen molar-refractivity contribution in [2.45, 2.75) is 51.4 Å². The van der Waals surface area contributed by atoms with Gasteiger partial charge in [-0.15, -0.1) is 0 Å². The number of benzene rings is 1. The number of nitrogens with zero attached hydrogens (tertiary/aromatic N) is 1. The van der Waals surface area contributed by atoms with Gasteiger partial charge < -0.3 is 15.4 Å². The molecule has 0 aromatic heterocycles. The maximum atomic E-state index is 12.3. The molecule has 1 saturated heterocycles. The Morgan fingerprint density at radius 1 is 1.12 bits per heavy atom. The number of hydrogen-bond acceptors (Lipinski definition) is 3. The first-order chi connectivity index (χ1) is 11.7. The minimum absolute atomic E-state index is 0.339. The second-order valence-corrected chi connectivity index (χ2v) is 6.83. The average molecular weight is 332 g/mol. The van der Waals surface area contributed by atoms with Crippen LogP contribution in [-0.2, 0) is 11.2 Å². The van der Waals surface area contributed by atoms with Gasteiger partial charge in [0.2, 0.25) is 5.91 Å². The van der Waals surface area contributed by atoms with Gasteiger partial charge in [-0.3, -0.25) is 4.79 Å². The lowest BCUT2D eigenvalue weighted by Crippen LogP contribution is -2.38. The summed E-state index contributed by atoms with van der Waals surface area (Å²) in [4.78, 5) is 14.3. The number of methoxy groups -OCH3 is 1. The molecule has 4 heteroatoms. The third kappa shape index (κ3) is 6.16. The van der Waals surface area contributed by atoms with Gasteiger partial charge in [0, 0.05) is 19.5 Å². The first-order valence-electron chi connectivity index (χ1n) is 9.33. The van der Waals surface area contributed by atoms with E-state index in [1.165, 1.54) is 5.56 Å². The van der Waals surface area contributed by atoms with Gasteiger partial charge in [-0.25, -0.2) is 0 Å². The summed E-state index contributed by atoms with van der Waals surface area (Å²) in [6.07, 6.45) is 8.38. The molecule has 0 radical (unpaired) electrons. The fourth-order valence-electron chi connectivity index (χ4n) is 3.41. The van der Waals surface area contributed by atoms with Crippen LogP contribution in [0.15, 0.2) is 24.3 Å². The number of unbranched alkanes of at least 4 members (excludes halogenated alkanes) is 3. The van der Waals surface area contributed by atoms with Crippen molar-refractivity contribution in [3.05, 3.63) is 29.8 Å². The minimum Gasteiger partial charge on any atom is -0.497 e. The summed E-state index contributed by atoms with van der Waals surface area (Å²) in [5.41, 5.74) is 6.85. The number of piperidine rings is 1. The van der Waals surface area contributed by atoms with Gasteiger partial charge in [0.25, 0.3) is 0 Å². The molecule has 2 rings (SSSR count). The summed E-state index contributed by atoms with van der Waals surface area (Å²) in [6.45, 7) is 2.60. The van der Waals surface area contributed by atoms with E-state index in [2.05, 4.69) is 17.0 Å². The lowest BCUT2D eigenvalue weighted by molar-refractivity contribution is -0.132. The summed E-state index contributed by atoms with van der Waals surface area (Å²) in [5.74, 6) is 1.93. The van der Waals surface area contributed by atoms with Crippen LogP contribution in [0.4, 0.5) is 0 Å². The molecule has 1 aromatic rings. The van der Waals surface area contributed by atoms with E-state index in [-0.39, 0.29) is 0 Å². The zero-order valence-electron chi connectivity index (χ0n) is 15.0. The highest BCUT2D eigenvalue weighted by Crippen LogP contribution is 2.23. The van der Waals surface area contributed by atoms with E-state index in [0.717, 1.165) is 70.3 Å². The number of hydrogen-bond donors (Lipinski definition) is 1. The summed E-state index contributed by atoms with van der Waals surface area (Å²) in [7, 11) is 1.69. The molecular formula is C20H32N2O2. The maximum Gasteiger partial charge on any atom is 0.222 e. The highest BCUT2D eigenvalue weighted by molar-refractivity contribution is 5.76. The predicted octanol–water partition coefficient (Wildman–Crippen LogP) is 3.39. The summed E-state index contributed by atoms with van der Waals surface area (Å²) in [5, 5.41) is 0. The number of rotatable bonds is 9. The Labute approximate surface area is 146 Å². The van der Waals surface area contributed by atoms with Crippen molar-refractivity contribution < 1.29 is 9.53 Å². The highest BCUT2D eigenvalue weighted by atomic mass is 16.5. The molecule has 1 aromatic carbocycles. The van der Waals surface area contributed by atoms with E-state index < -0.39 is 0 Å². The molecule has 4 nitrogen and oxygen atoms in total. The van der Waals surface area contributed by atoms with Gasteiger partial charge in [-0.2, -0.15) is 0 Å². The lowest BCUT2D eigenvalue weighted by Gasteiger charge is -2.32. The van der Waals surface area contributed by atoms with Gasteiger partial charge in [0.05, 0.1) is 7.11 Å². The van der Waals surface area contributed by atoms with Crippen LogP contribution in [0.2, 0.25) is 0 Å². The third-order valence-corrected chi connectivity index (χ3v) is 5.00. The van der Waals surface area contributed by atoms with Crippen LogP contribution in [0.5, 0.6) is 5.75 Å². The van der Waals surface area contributed by atoms with E-state index >= 15 is 0 Å². The fourth-order valence-corrected chi connectivity index (χ4v) is 3.41. The summed E-state index contributed by atoms with van der Waals surface area (Å²) in [6, 6.07) is 8.35. The molecule has 2 N–H and O–H groups in total.